The topological polar surface area (TPSA) is 41.1 Å². The molecular weight excluding hydrogens is 164 g/mol. The lowest BCUT2D eigenvalue weighted by atomic mass is 9.84. The first-order valence-electron chi connectivity index (χ1n) is 4.83. The summed E-state index contributed by atoms with van der Waals surface area (Å²) in [4.78, 5) is 10.9. The van der Waals surface area contributed by atoms with E-state index in [0.717, 1.165) is 13.0 Å². The molecule has 2 amide bonds. The second-order valence-electron chi connectivity index (χ2n) is 4.69. The first-order chi connectivity index (χ1) is 5.87. The highest BCUT2D eigenvalue weighted by molar-refractivity contribution is 5.73. The monoisotopic (exact) mass is 186 g/mol. The Kier molecular flexibility index (Phi) is 4.81. The first-order valence-corrected chi connectivity index (χ1v) is 4.83. The molecule has 3 nitrogen and oxygen atoms in total. The Bertz CT molecular complexity index is 164. The number of amides is 2. The number of carbonyl (C=O) groups is 1. The Morgan fingerprint density at radius 1 is 1.38 bits per heavy atom. The van der Waals surface area contributed by atoms with Gasteiger partial charge in [0.25, 0.3) is 0 Å². The van der Waals surface area contributed by atoms with Crippen molar-refractivity contribution in [3.63, 3.8) is 0 Å². The average Bonchev–Trinajstić information content (AvgIpc) is 1.98. The van der Waals surface area contributed by atoms with Gasteiger partial charge in [0.2, 0.25) is 0 Å². The van der Waals surface area contributed by atoms with Gasteiger partial charge < -0.3 is 10.6 Å². The zero-order valence-corrected chi connectivity index (χ0v) is 9.40. The molecule has 0 atom stereocenters. The zero-order valence-electron chi connectivity index (χ0n) is 9.40. The minimum atomic E-state index is -0.100. The predicted octanol–water partition coefficient (Wildman–Crippen LogP) is 1.99. The van der Waals surface area contributed by atoms with E-state index < -0.39 is 0 Å². The molecule has 0 aromatic heterocycles. The molecule has 0 aromatic carbocycles. The minimum absolute atomic E-state index is 0.100. The van der Waals surface area contributed by atoms with Gasteiger partial charge in [-0.1, -0.05) is 27.7 Å². The molecule has 0 radical (unpaired) electrons. The quantitative estimate of drug-likeness (QED) is 0.692. The van der Waals surface area contributed by atoms with Gasteiger partial charge in [0.05, 0.1) is 0 Å². The summed E-state index contributed by atoms with van der Waals surface area (Å²) in [6.07, 6.45) is 1.12. The summed E-state index contributed by atoms with van der Waals surface area (Å²) in [5.74, 6) is 0.668. The number of hydrogen-bond donors (Lipinski definition) is 2. The fourth-order valence-electron chi connectivity index (χ4n) is 1.59. The van der Waals surface area contributed by atoms with Gasteiger partial charge in [-0.15, -0.1) is 0 Å². The SMILES string of the molecule is CNC(=O)NCC(C)(C)CC(C)C. The highest BCUT2D eigenvalue weighted by Crippen LogP contribution is 2.23. The van der Waals surface area contributed by atoms with E-state index in [1.165, 1.54) is 0 Å². The smallest absolute Gasteiger partial charge is 0.314 e. The Morgan fingerprint density at radius 2 is 1.92 bits per heavy atom. The molecule has 0 saturated heterocycles. The van der Waals surface area contributed by atoms with Gasteiger partial charge in [-0.05, 0) is 17.8 Å². The largest absolute Gasteiger partial charge is 0.341 e. The predicted molar refractivity (Wildman–Crippen MR) is 55.7 cm³/mol. The summed E-state index contributed by atoms with van der Waals surface area (Å²) >= 11 is 0. The Hall–Kier alpha value is -0.730. The van der Waals surface area contributed by atoms with E-state index in [1.807, 2.05) is 0 Å². The fourth-order valence-corrected chi connectivity index (χ4v) is 1.59. The lowest BCUT2D eigenvalue weighted by molar-refractivity contribution is 0.228. The summed E-state index contributed by atoms with van der Waals surface area (Å²) in [5.41, 5.74) is 0.181. The maximum absolute atomic E-state index is 10.9. The van der Waals surface area contributed by atoms with Crippen LogP contribution in [0.15, 0.2) is 0 Å². The maximum atomic E-state index is 10.9. The van der Waals surface area contributed by atoms with Gasteiger partial charge >= 0.3 is 6.03 Å². The maximum Gasteiger partial charge on any atom is 0.314 e. The van der Waals surface area contributed by atoms with Gasteiger partial charge in [0.15, 0.2) is 0 Å². The van der Waals surface area contributed by atoms with Crippen LogP contribution >= 0.6 is 0 Å². The molecule has 0 aliphatic heterocycles. The third-order valence-electron chi connectivity index (χ3n) is 1.92. The van der Waals surface area contributed by atoms with Crippen LogP contribution in [0, 0.1) is 11.3 Å². The molecule has 0 rings (SSSR count). The van der Waals surface area contributed by atoms with Crippen LogP contribution in [-0.4, -0.2) is 19.6 Å². The molecule has 0 aromatic rings. The van der Waals surface area contributed by atoms with Crippen LogP contribution in [0.3, 0.4) is 0 Å². The zero-order chi connectivity index (χ0) is 10.5. The van der Waals surface area contributed by atoms with Gasteiger partial charge in [0, 0.05) is 13.6 Å². The number of urea groups is 1. The molecule has 13 heavy (non-hydrogen) atoms. The van der Waals surface area contributed by atoms with Crippen molar-refractivity contribution in [2.24, 2.45) is 11.3 Å². The van der Waals surface area contributed by atoms with Crippen LogP contribution < -0.4 is 10.6 Å². The Balaban J connectivity index is 3.81. The summed E-state index contributed by atoms with van der Waals surface area (Å²) in [6.45, 7) is 9.46. The Labute approximate surface area is 81.3 Å². The van der Waals surface area contributed by atoms with E-state index in [0.29, 0.717) is 5.92 Å². The summed E-state index contributed by atoms with van der Waals surface area (Å²) < 4.78 is 0. The molecule has 0 spiro atoms. The second-order valence-corrected chi connectivity index (χ2v) is 4.69. The lowest BCUT2D eigenvalue weighted by Gasteiger charge is -2.26. The van der Waals surface area contributed by atoms with Crippen molar-refractivity contribution < 1.29 is 4.79 Å². The summed E-state index contributed by atoms with van der Waals surface area (Å²) in [5, 5.41) is 5.37. The fraction of sp³-hybridized carbons (Fsp3) is 0.900. The molecule has 0 unspecified atom stereocenters. The molecule has 0 heterocycles. The summed E-state index contributed by atoms with van der Waals surface area (Å²) in [7, 11) is 1.63. The minimum Gasteiger partial charge on any atom is -0.341 e. The lowest BCUT2D eigenvalue weighted by Crippen LogP contribution is -2.39. The van der Waals surface area contributed by atoms with Gasteiger partial charge in [-0.25, -0.2) is 4.79 Å². The van der Waals surface area contributed by atoms with E-state index in [9.17, 15) is 4.79 Å². The molecule has 0 fully saturated rings. The van der Waals surface area contributed by atoms with Crippen LogP contribution in [0.1, 0.15) is 34.1 Å². The summed E-state index contributed by atoms with van der Waals surface area (Å²) in [6, 6.07) is -0.100. The van der Waals surface area contributed by atoms with E-state index in [4.69, 9.17) is 0 Å². The van der Waals surface area contributed by atoms with Crippen LogP contribution in [0.5, 0.6) is 0 Å². The van der Waals surface area contributed by atoms with Crippen molar-refractivity contribution in [2.75, 3.05) is 13.6 Å². The molecule has 0 saturated carbocycles. The van der Waals surface area contributed by atoms with E-state index >= 15 is 0 Å². The molecule has 0 aliphatic rings. The normalized spacial score (nSPS) is 11.5. The average molecular weight is 186 g/mol. The third-order valence-corrected chi connectivity index (χ3v) is 1.92. The molecule has 0 aliphatic carbocycles. The van der Waals surface area contributed by atoms with Crippen molar-refractivity contribution in [1.29, 1.82) is 0 Å². The van der Waals surface area contributed by atoms with Crippen LogP contribution in [0.2, 0.25) is 0 Å². The van der Waals surface area contributed by atoms with Crippen molar-refractivity contribution >= 4 is 6.03 Å². The number of carbonyl (C=O) groups excluding carboxylic acids is 1. The molecule has 3 heteroatoms. The molecule has 78 valence electrons. The van der Waals surface area contributed by atoms with Crippen molar-refractivity contribution in [2.45, 2.75) is 34.1 Å². The van der Waals surface area contributed by atoms with Crippen molar-refractivity contribution in [3.8, 4) is 0 Å². The number of rotatable bonds is 4. The first kappa shape index (κ1) is 12.3. The van der Waals surface area contributed by atoms with E-state index in [1.54, 1.807) is 7.05 Å². The second kappa shape index (κ2) is 5.10. The third kappa shape index (κ3) is 6.43. The van der Waals surface area contributed by atoms with Crippen molar-refractivity contribution in [3.05, 3.63) is 0 Å². The van der Waals surface area contributed by atoms with Crippen LogP contribution in [-0.2, 0) is 0 Å². The van der Waals surface area contributed by atoms with Gasteiger partial charge in [-0.3, -0.25) is 0 Å². The Morgan fingerprint density at radius 3 is 2.31 bits per heavy atom. The highest BCUT2D eigenvalue weighted by atomic mass is 16.2. The molecule has 2 N–H and O–H groups in total. The molecular formula is C10H22N2O. The van der Waals surface area contributed by atoms with E-state index in [2.05, 4.69) is 38.3 Å². The number of hydrogen-bond acceptors (Lipinski definition) is 1. The molecule has 0 bridgehead atoms. The van der Waals surface area contributed by atoms with E-state index in [-0.39, 0.29) is 11.4 Å². The van der Waals surface area contributed by atoms with Gasteiger partial charge in [0.1, 0.15) is 0 Å². The highest BCUT2D eigenvalue weighted by Gasteiger charge is 2.19. The van der Waals surface area contributed by atoms with Crippen LogP contribution in [0.25, 0.3) is 0 Å². The van der Waals surface area contributed by atoms with Crippen LogP contribution in [0.4, 0.5) is 4.79 Å². The van der Waals surface area contributed by atoms with Gasteiger partial charge in [-0.2, -0.15) is 0 Å². The number of nitrogens with one attached hydrogen (secondary N) is 2. The van der Waals surface area contributed by atoms with Crippen molar-refractivity contribution in [1.82, 2.24) is 10.6 Å². The standard InChI is InChI=1S/C10H22N2O/c1-8(2)6-10(3,4)7-12-9(13)11-5/h8H,6-7H2,1-5H3,(H2,11,12,13).